The van der Waals surface area contributed by atoms with Gasteiger partial charge in [-0.25, -0.2) is 0 Å². The fourth-order valence-corrected chi connectivity index (χ4v) is 2.75. The van der Waals surface area contributed by atoms with Crippen LogP contribution in [0.25, 0.3) is 0 Å². The van der Waals surface area contributed by atoms with E-state index in [1.54, 1.807) is 6.07 Å². The second kappa shape index (κ2) is 5.37. The molecule has 2 N–H and O–H groups in total. The van der Waals surface area contributed by atoms with Crippen molar-refractivity contribution in [1.29, 1.82) is 0 Å². The quantitative estimate of drug-likeness (QED) is 0.645. The van der Waals surface area contributed by atoms with Crippen molar-refractivity contribution in [3.63, 3.8) is 0 Å². The number of rotatable bonds is 2. The van der Waals surface area contributed by atoms with E-state index < -0.39 is 0 Å². The summed E-state index contributed by atoms with van der Waals surface area (Å²) in [6, 6.07) is 9.29. The summed E-state index contributed by atoms with van der Waals surface area (Å²) in [5.41, 5.74) is 2.13. The van der Waals surface area contributed by atoms with E-state index in [-0.39, 0.29) is 23.1 Å². The summed E-state index contributed by atoms with van der Waals surface area (Å²) in [5, 5.41) is 5.43. The highest BCUT2D eigenvalue weighted by Gasteiger charge is 2.21. The minimum Gasteiger partial charge on any atom is -0.465 e. The van der Waals surface area contributed by atoms with Crippen LogP contribution in [-0.4, -0.2) is 11.8 Å². The van der Waals surface area contributed by atoms with Gasteiger partial charge in [-0.15, -0.1) is 0 Å². The number of aryl methyl sites for hydroxylation is 1. The Morgan fingerprint density at radius 2 is 1.81 bits per heavy atom. The highest BCUT2D eigenvalue weighted by molar-refractivity contribution is 9.09. The lowest BCUT2D eigenvalue weighted by Crippen LogP contribution is -2.16. The van der Waals surface area contributed by atoms with Crippen LogP contribution in [0.1, 0.15) is 28.3 Å². The van der Waals surface area contributed by atoms with Gasteiger partial charge >= 0.3 is 0 Å². The molecule has 1 aliphatic heterocycles. The maximum Gasteiger partial charge on any atom is 0.233 e. The lowest BCUT2D eigenvalue weighted by Gasteiger charge is -2.12. The Hall–Kier alpha value is -2.08. The minimum atomic E-state index is -0.316. The molecule has 5 nitrogen and oxygen atoms in total. The third kappa shape index (κ3) is 2.85. The molecule has 0 spiro atoms. The van der Waals surface area contributed by atoms with Gasteiger partial charge in [-0.3, -0.25) is 9.59 Å². The van der Waals surface area contributed by atoms with Gasteiger partial charge in [0, 0.05) is 0 Å². The molecule has 3 rings (SSSR count). The van der Waals surface area contributed by atoms with Gasteiger partial charge in [0.15, 0.2) is 0 Å². The van der Waals surface area contributed by atoms with Crippen LogP contribution in [0.3, 0.4) is 0 Å². The SMILES string of the molecule is Cc1ccc(C(Br)c2ccc3c(c2)NC(=O)CC(=O)N3)o1. The summed E-state index contributed by atoms with van der Waals surface area (Å²) < 4.78 is 5.60. The van der Waals surface area contributed by atoms with Crippen LogP contribution in [0.2, 0.25) is 0 Å². The Balaban J connectivity index is 1.95. The van der Waals surface area contributed by atoms with Crippen molar-refractivity contribution < 1.29 is 14.0 Å². The predicted molar refractivity (Wildman–Crippen MR) is 82.5 cm³/mol. The Bertz CT molecular complexity index is 723. The molecule has 1 unspecified atom stereocenters. The van der Waals surface area contributed by atoms with Gasteiger partial charge in [0.2, 0.25) is 11.8 Å². The average Bonchev–Trinajstić information content (AvgIpc) is 2.79. The monoisotopic (exact) mass is 348 g/mol. The first kappa shape index (κ1) is 13.9. The van der Waals surface area contributed by atoms with Crippen LogP contribution in [0, 0.1) is 6.92 Å². The van der Waals surface area contributed by atoms with Crippen molar-refractivity contribution in [3.05, 3.63) is 47.4 Å². The number of anilines is 2. The fourth-order valence-electron chi connectivity index (χ4n) is 2.22. The van der Waals surface area contributed by atoms with E-state index in [2.05, 4.69) is 26.6 Å². The Labute approximate surface area is 129 Å². The van der Waals surface area contributed by atoms with Crippen LogP contribution in [0.5, 0.6) is 0 Å². The van der Waals surface area contributed by atoms with Crippen molar-refractivity contribution >= 4 is 39.1 Å². The molecule has 0 radical (unpaired) electrons. The van der Waals surface area contributed by atoms with E-state index in [0.717, 1.165) is 17.1 Å². The van der Waals surface area contributed by atoms with Gasteiger partial charge in [0.25, 0.3) is 0 Å². The smallest absolute Gasteiger partial charge is 0.233 e. The van der Waals surface area contributed by atoms with E-state index >= 15 is 0 Å². The average molecular weight is 349 g/mol. The molecule has 1 atom stereocenters. The van der Waals surface area contributed by atoms with E-state index in [4.69, 9.17) is 4.42 Å². The minimum absolute atomic E-state index is 0.118. The summed E-state index contributed by atoms with van der Waals surface area (Å²) in [7, 11) is 0. The first-order valence-electron chi connectivity index (χ1n) is 6.47. The molecule has 0 saturated carbocycles. The van der Waals surface area contributed by atoms with Crippen LogP contribution >= 0.6 is 15.9 Å². The van der Waals surface area contributed by atoms with Gasteiger partial charge in [-0.2, -0.15) is 0 Å². The molecule has 0 bridgehead atoms. The van der Waals surface area contributed by atoms with Gasteiger partial charge in [-0.05, 0) is 36.8 Å². The topological polar surface area (TPSA) is 71.3 Å². The number of halogens is 1. The summed E-state index contributed by atoms with van der Waals surface area (Å²) >= 11 is 3.59. The molecule has 1 aromatic carbocycles. The zero-order valence-corrected chi connectivity index (χ0v) is 12.9. The van der Waals surface area contributed by atoms with Crippen molar-refractivity contribution in [2.45, 2.75) is 18.2 Å². The van der Waals surface area contributed by atoms with E-state index in [1.807, 2.05) is 31.2 Å². The van der Waals surface area contributed by atoms with Crippen LogP contribution in [0.4, 0.5) is 11.4 Å². The number of hydrogen-bond acceptors (Lipinski definition) is 3. The molecule has 0 saturated heterocycles. The van der Waals surface area contributed by atoms with Crippen molar-refractivity contribution in [2.24, 2.45) is 0 Å². The van der Waals surface area contributed by atoms with E-state index in [1.165, 1.54) is 0 Å². The molecule has 2 heterocycles. The van der Waals surface area contributed by atoms with Gasteiger partial charge in [-0.1, -0.05) is 22.0 Å². The number of hydrogen-bond donors (Lipinski definition) is 2. The first-order valence-corrected chi connectivity index (χ1v) is 7.38. The van der Waals surface area contributed by atoms with Gasteiger partial charge < -0.3 is 15.1 Å². The van der Waals surface area contributed by atoms with Crippen LogP contribution in [0.15, 0.2) is 34.7 Å². The number of carbonyl (C=O) groups excluding carboxylic acids is 2. The number of furan rings is 1. The van der Waals surface area contributed by atoms with Crippen molar-refractivity contribution in [3.8, 4) is 0 Å². The number of fused-ring (bicyclic) bond motifs is 1. The maximum absolute atomic E-state index is 11.6. The van der Waals surface area contributed by atoms with E-state index in [0.29, 0.717) is 11.4 Å². The second-order valence-corrected chi connectivity index (χ2v) is 5.80. The highest BCUT2D eigenvalue weighted by atomic mass is 79.9. The zero-order valence-electron chi connectivity index (χ0n) is 11.3. The van der Waals surface area contributed by atoms with Crippen LogP contribution < -0.4 is 10.6 Å². The molecular weight excluding hydrogens is 336 g/mol. The Kier molecular flexibility index (Phi) is 3.55. The predicted octanol–water partition coefficient (Wildman–Crippen LogP) is 3.35. The number of nitrogens with one attached hydrogen (secondary N) is 2. The summed E-state index contributed by atoms with van der Waals surface area (Å²) in [6.45, 7) is 1.88. The highest BCUT2D eigenvalue weighted by Crippen LogP contribution is 2.36. The largest absolute Gasteiger partial charge is 0.465 e. The Morgan fingerprint density at radius 1 is 1.10 bits per heavy atom. The summed E-state index contributed by atoms with van der Waals surface area (Å²) in [6.07, 6.45) is -0.168. The molecule has 108 valence electrons. The second-order valence-electron chi connectivity index (χ2n) is 4.89. The van der Waals surface area contributed by atoms with E-state index in [9.17, 15) is 9.59 Å². The summed E-state index contributed by atoms with van der Waals surface area (Å²) in [4.78, 5) is 23.0. The lowest BCUT2D eigenvalue weighted by molar-refractivity contribution is -0.123. The molecule has 2 amide bonds. The number of carbonyl (C=O) groups is 2. The molecule has 2 aromatic rings. The molecule has 0 aliphatic carbocycles. The van der Waals surface area contributed by atoms with Crippen LogP contribution in [-0.2, 0) is 9.59 Å². The number of amides is 2. The first-order chi connectivity index (χ1) is 10.0. The standard InChI is InChI=1S/C15H13BrN2O3/c1-8-2-5-12(21-8)15(16)9-3-4-10-11(6-9)18-14(20)7-13(19)17-10/h2-6,15H,7H2,1H3,(H,17,19)(H,18,20). The third-order valence-corrected chi connectivity index (χ3v) is 4.20. The molecule has 0 fully saturated rings. The number of benzene rings is 1. The zero-order chi connectivity index (χ0) is 15.0. The van der Waals surface area contributed by atoms with Gasteiger partial charge in [0.1, 0.15) is 17.9 Å². The molecular formula is C15H13BrN2O3. The Morgan fingerprint density at radius 3 is 2.48 bits per heavy atom. The molecule has 21 heavy (non-hydrogen) atoms. The fraction of sp³-hybridized carbons (Fsp3) is 0.200. The van der Waals surface area contributed by atoms with Crippen molar-refractivity contribution in [1.82, 2.24) is 0 Å². The normalized spacial score (nSPS) is 15.7. The molecule has 1 aromatic heterocycles. The summed E-state index contributed by atoms with van der Waals surface area (Å²) in [5.74, 6) is 1.00. The maximum atomic E-state index is 11.6. The molecule has 6 heteroatoms. The van der Waals surface area contributed by atoms with Gasteiger partial charge in [0.05, 0.1) is 16.2 Å². The third-order valence-electron chi connectivity index (χ3n) is 3.22. The van der Waals surface area contributed by atoms with Crippen molar-refractivity contribution in [2.75, 3.05) is 10.6 Å². The lowest BCUT2D eigenvalue weighted by atomic mass is 10.1. The number of alkyl halides is 1. The molecule has 1 aliphatic rings.